The Balaban J connectivity index is 1.58. The number of para-hydroxylation sites is 1. The van der Waals surface area contributed by atoms with Gasteiger partial charge in [-0.25, -0.2) is 18.1 Å². The second-order valence-electron chi connectivity index (χ2n) is 5.68. The summed E-state index contributed by atoms with van der Waals surface area (Å²) in [4.78, 5) is 16.4. The Morgan fingerprint density at radius 1 is 1.38 bits per heavy atom. The molecule has 0 aliphatic carbocycles. The summed E-state index contributed by atoms with van der Waals surface area (Å²) < 4.78 is 24.5. The fraction of sp³-hybridized carbons (Fsp3) is 0.400. The summed E-state index contributed by atoms with van der Waals surface area (Å²) >= 11 is 1.25. The maximum atomic E-state index is 12.2. The minimum absolute atomic E-state index is 0.0248. The van der Waals surface area contributed by atoms with E-state index < -0.39 is 15.1 Å². The van der Waals surface area contributed by atoms with Crippen LogP contribution >= 0.6 is 11.8 Å². The molecule has 1 aliphatic heterocycles. The van der Waals surface area contributed by atoms with Gasteiger partial charge < -0.3 is 5.32 Å². The van der Waals surface area contributed by atoms with Crippen molar-refractivity contribution in [3.05, 3.63) is 36.7 Å². The maximum Gasteiger partial charge on any atom is 0.233 e. The Labute approximate surface area is 144 Å². The average Bonchev–Trinajstić information content (AvgIpc) is 3.14. The number of sulfone groups is 1. The van der Waals surface area contributed by atoms with Crippen LogP contribution in [-0.2, 0) is 14.6 Å². The third kappa shape index (κ3) is 4.15. The van der Waals surface area contributed by atoms with Crippen LogP contribution in [0.25, 0.3) is 5.69 Å². The van der Waals surface area contributed by atoms with Gasteiger partial charge in [0.15, 0.2) is 9.84 Å². The summed E-state index contributed by atoms with van der Waals surface area (Å²) in [6.07, 6.45) is 2.08. The van der Waals surface area contributed by atoms with Crippen LogP contribution in [0.15, 0.2) is 41.8 Å². The van der Waals surface area contributed by atoms with Gasteiger partial charge in [-0.05, 0) is 25.5 Å². The molecule has 2 heterocycles. The minimum Gasteiger partial charge on any atom is -0.351 e. The Morgan fingerprint density at radius 3 is 2.79 bits per heavy atom. The summed E-state index contributed by atoms with van der Waals surface area (Å²) in [5.41, 5.74) is 0.894. The Kier molecular flexibility index (Phi) is 4.91. The van der Waals surface area contributed by atoms with Crippen molar-refractivity contribution in [2.75, 3.05) is 11.5 Å². The van der Waals surface area contributed by atoms with Gasteiger partial charge in [-0.2, -0.15) is 0 Å². The van der Waals surface area contributed by atoms with E-state index in [1.165, 1.54) is 11.8 Å². The molecule has 7 nitrogen and oxygen atoms in total. The van der Waals surface area contributed by atoms with Crippen molar-refractivity contribution in [3.63, 3.8) is 0 Å². The fourth-order valence-corrected chi connectivity index (χ4v) is 4.85. The number of amides is 1. The summed E-state index contributed by atoms with van der Waals surface area (Å²) in [6.45, 7) is 1.76. The first kappa shape index (κ1) is 17.0. The van der Waals surface area contributed by atoms with Crippen LogP contribution in [0.5, 0.6) is 0 Å². The number of hydrogen-bond acceptors (Lipinski definition) is 6. The minimum atomic E-state index is -3.00. The van der Waals surface area contributed by atoms with E-state index in [0.29, 0.717) is 11.6 Å². The lowest BCUT2D eigenvalue weighted by Crippen LogP contribution is -2.39. The van der Waals surface area contributed by atoms with Gasteiger partial charge in [0.25, 0.3) is 0 Å². The predicted molar refractivity (Wildman–Crippen MR) is 91.9 cm³/mol. The Bertz CT molecular complexity index is 820. The van der Waals surface area contributed by atoms with Gasteiger partial charge >= 0.3 is 0 Å². The lowest BCUT2D eigenvalue weighted by atomic mass is 10.2. The molecule has 0 radical (unpaired) electrons. The van der Waals surface area contributed by atoms with E-state index in [4.69, 9.17) is 0 Å². The van der Waals surface area contributed by atoms with E-state index in [1.807, 2.05) is 30.3 Å². The maximum absolute atomic E-state index is 12.2. The van der Waals surface area contributed by atoms with Crippen molar-refractivity contribution in [3.8, 4) is 5.69 Å². The molecule has 2 atom stereocenters. The third-order valence-electron chi connectivity index (χ3n) is 3.72. The van der Waals surface area contributed by atoms with Crippen LogP contribution in [-0.4, -0.2) is 51.9 Å². The van der Waals surface area contributed by atoms with E-state index in [0.717, 1.165) is 5.69 Å². The highest BCUT2D eigenvalue weighted by Crippen LogP contribution is 2.21. The van der Waals surface area contributed by atoms with Gasteiger partial charge in [0.1, 0.15) is 6.33 Å². The van der Waals surface area contributed by atoms with Crippen molar-refractivity contribution in [1.29, 1.82) is 0 Å². The summed E-state index contributed by atoms with van der Waals surface area (Å²) in [6, 6.07) is 9.29. The van der Waals surface area contributed by atoms with Crippen molar-refractivity contribution in [2.45, 2.75) is 29.8 Å². The van der Waals surface area contributed by atoms with Crippen LogP contribution in [0, 0.1) is 0 Å². The molecule has 1 aromatic carbocycles. The highest BCUT2D eigenvalue weighted by atomic mass is 32.2. The highest BCUT2D eigenvalue weighted by molar-refractivity contribution is 8.00. The number of nitrogens with zero attached hydrogens (tertiary/aromatic N) is 3. The zero-order chi connectivity index (χ0) is 17.2. The average molecular weight is 366 g/mol. The molecule has 1 aliphatic rings. The smallest absolute Gasteiger partial charge is 0.233 e. The molecule has 9 heteroatoms. The first-order valence-electron chi connectivity index (χ1n) is 7.57. The predicted octanol–water partition coefficient (Wildman–Crippen LogP) is 1.05. The topological polar surface area (TPSA) is 93.9 Å². The molecule has 1 fully saturated rings. The van der Waals surface area contributed by atoms with Gasteiger partial charge in [-0.3, -0.25) is 4.79 Å². The van der Waals surface area contributed by atoms with E-state index >= 15 is 0 Å². The molecule has 0 saturated carbocycles. The number of thioether (sulfide) groups is 1. The van der Waals surface area contributed by atoms with Crippen LogP contribution < -0.4 is 5.32 Å². The second-order valence-corrected chi connectivity index (χ2v) is 9.21. The zero-order valence-electron chi connectivity index (χ0n) is 13.1. The lowest BCUT2D eigenvalue weighted by Gasteiger charge is -2.14. The molecule has 24 heavy (non-hydrogen) atoms. The molecular weight excluding hydrogens is 348 g/mol. The first-order valence-corrected chi connectivity index (χ1v) is 10.3. The first-order chi connectivity index (χ1) is 11.4. The fourth-order valence-electron chi connectivity index (χ4n) is 2.45. The summed E-state index contributed by atoms with van der Waals surface area (Å²) in [5.74, 6) is -0.0300. The normalized spacial score (nSPS) is 20.6. The Morgan fingerprint density at radius 2 is 2.12 bits per heavy atom. The number of nitrogens with one attached hydrogen (secondary N) is 1. The van der Waals surface area contributed by atoms with E-state index in [2.05, 4.69) is 15.4 Å². The number of carbonyl (C=O) groups excluding carboxylic acids is 1. The van der Waals surface area contributed by atoms with Gasteiger partial charge in [0, 0.05) is 6.04 Å². The second kappa shape index (κ2) is 6.94. The highest BCUT2D eigenvalue weighted by Gasteiger charge is 2.30. The van der Waals surface area contributed by atoms with Crippen LogP contribution in [0.2, 0.25) is 0 Å². The molecule has 3 rings (SSSR count). The molecular formula is C15H18N4O3S2. The van der Waals surface area contributed by atoms with E-state index in [-0.39, 0.29) is 23.5 Å². The van der Waals surface area contributed by atoms with E-state index in [1.54, 1.807) is 17.9 Å². The van der Waals surface area contributed by atoms with Gasteiger partial charge in [0.05, 0.1) is 22.4 Å². The van der Waals surface area contributed by atoms with Crippen molar-refractivity contribution in [1.82, 2.24) is 20.1 Å². The lowest BCUT2D eigenvalue weighted by molar-refractivity contribution is -0.120. The zero-order valence-corrected chi connectivity index (χ0v) is 14.8. The summed E-state index contributed by atoms with van der Waals surface area (Å²) in [7, 11) is -3.00. The van der Waals surface area contributed by atoms with Crippen molar-refractivity contribution in [2.24, 2.45) is 0 Å². The monoisotopic (exact) mass is 366 g/mol. The molecule has 1 N–H and O–H groups in total. The molecule has 0 spiro atoms. The largest absolute Gasteiger partial charge is 0.351 e. The molecule has 2 aromatic rings. The van der Waals surface area contributed by atoms with Crippen molar-refractivity contribution >= 4 is 27.5 Å². The number of benzene rings is 1. The number of carbonyl (C=O) groups is 1. The van der Waals surface area contributed by atoms with Crippen molar-refractivity contribution < 1.29 is 13.2 Å². The Hall–Kier alpha value is -1.87. The molecule has 0 unspecified atom stereocenters. The van der Waals surface area contributed by atoms with Gasteiger partial charge in [0.2, 0.25) is 11.1 Å². The van der Waals surface area contributed by atoms with Crippen LogP contribution in [0.1, 0.15) is 13.3 Å². The quantitative estimate of drug-likeness (QED) is 0.795. The number of rotatable bonds is 5. The molecule has 1 saturated heterocycles. The van der Waals surface area contributed by atoms with Gasteiger partial charge in [-0.1, -0.05) is 30.0 Å². The number of hydrogen-bond donors (Lipinski definition) is 1. The number of aromatic nitrogens is 3. The van der Waals surface area contributed by atoms with Crippen LogP contribution in [0.3, 0.4) is 0 Å². The SMILES string of the molecule is C[C@H](Sc1ncn(-c2ccccc2)n1)C(=O)N[C@H]1CCS(=O)(=O)C1. The third-order valence-corrected chi connectivity index (χ3v) is 6.46. The molecule has 128 valence electrons. The molecule has 0 bridgehead atoms. The van der Waals surface area contributed by atoms with Crippen LogP contribution in [0.4, 0.5) is 0 Å². The molecule has 1 amide bonds. The molecule has 1 aromatic heterocycles. The van der Waals surface area contributed by atoms with E-state index in [9.17, 15) is 13.2 Å². The summed E-state index contributed by atoms with van der Waals surface area (Å²) in [5, 5.41) is 7.24. The standard InChI is InChI=1S/C15H18N4O3S2/c1-11(14(20)17-12-7-8-24(21,22)9-12)23-15-16-10-19(18-15)13-5-3-2-4-6-13/h2-6,10-12H,7-9H2,1H3,(H,17,20)/t11-,12-/m0/s1. The van der Waals surface area contributed by atoms with Gasteiger partial charge in [-0.15, -0.1) is 5.10 Å².